The number of carbonyl (C=O) groups is 1. The standard InChI is InChI=1S/C15H32N4O.HI/c1-11(2)8-7-9-12(3)18-14(16)17-10-13(20)19-15(4,5)6;/h11-12H,7-10H2,1-6H3,(H,19,20)(H3,16,17,18);1H. The largest absolute Gasteiger partial charge is 0.370 e. The first kappa shape index (κ1) is 22.7. The summed E-state index contributed by atoms with van der Waals surface area (Å²) >= 11 is 0. The smallest absolute Gasteiger partial charge is 0.242 e. The lowest BCUT2D eigenvalue weighted by molar-refractivity contribution is -0.121. The van der Waals surface area contributed by atoms with Crippen molar-refractivity contribution in [3.63, 3.8) is 0 Å². The van der Waals surface area contributed by atoms with Gasteiger partial charge in [-0.15, -0.1) is 24.0 Å². The maximum Gasteiger partial charge on any atom is 0.242 e. The van der Waals surface area contributed by atoms with Crippen molar-refractivity contribution in [2.75, 3.05) is 6.54 Å². The topological polar surface area (TPSA) is 79.5 Å². The van der Waals surface area contributed by atoms with Crippen LogP contribution in [0, 0.1) is 5.92 Å². The maximum atomic E-state index is 11.6. The van der Waals surface area contributed by atoms with Crippen molar-refractivity contribution in [1.82, 2.24) is 10.6 Å². The van der Waals surface area contributed by atoms with Crippen LogP contribution in [-0.2, 0) is 4.79 Å². The fourth-order valence-electron chi connectivity index (χ4n) is 1.82. The minimum atomic E-state index is -0.237. The van der Waals surface area contributed by atoms with Crippen LogP contribution in [0.5, 0.6) is 0 Å². The molecule has 0 radical (unpaired) electrons. The normalized spacial score (nSPS) is 13.6. The second kappa shape index (κ2) is 11.1. The fourth-order valence-corrected chi connectivity index (χ4v) is 1.82. The van der Waals surface area contributed by atoms with Crippen LogP contribution in [0.25, 0.3) is 0 Å². The maximum absolute atomic E-state index is 11.6. The average molecular weight is 412 g/mol. The van der Waals surface area contributed by atoms with E-state index in [0.29, 0.717) is 5.96 Å². The van der Waals surface area contributed by atoms with Crippen LogP contribution in [0.15, 0.2) is 4.99 Å². The number of nitrogens with zero attached hydrogens (tertiary/aromatic N) is 1. The summed E-state index contributed by atoms with van der Waals surface area (Å²) < 4.78 is 0. The Labute approximate surface area is 146 Å². The summed E-state index contributed by atoms with van der Waals surface area (Å²) in [6.45, 7) is 12.4. The summed E-state index contributed by atoms with van der Waals surface area (Å²) in [4.78, 5) is 15.7. The van der Waals surface area contributed by atoms with Crippen LogP contribution in [0.3, 0.4) is 0 Å². The zero-order valence-electron chi connectivity index (χ0n) is 14.3. The molecule has 0 heterocycles. The third kappa shape index (κ3) is 15.7. The Hall–Kier alpha value is -0.530. The van der Waals surface area contributed by atoms with Gasteiger partial charge in [-0.05, 0) is 40.0 Å². The predicted molar refractivity (Wildman–Crippen MR) is 101 cm³/mol. The third-order valence-corrected chi connectivity index (χ3v) is 2.72. The van der Waals surface area contributed by atoms with E-state index in [-0.39, 0.29) is 48.0 Å². The van der Waals surface area contributed by atoms with Crippen molar-refractivity contribution in [2.45, 2.75) is 72.4 Å². The molecule has 0 aliphatic heterocycles. The number of guanidine groups is 1. The first-order valence-electron chi connectivity index (χ1n) is 7.47. The van der Waals surface area contributed by atoms with Gasteiger partial charge in [0.25, 0.3) is 0 Å². The number of aliphatic imine (C=N–C) groups is 1. The van der Waals surface area contributed by atoms with Gasteiger partial charge in [0, 0.05) is 11.6 Å². The monoisotopic (exact) mass is 412 g/mol. The molecule has 0 fully saturated rings. The van der Waals surface area contributed by atoms with E-state index in [1.807, 2.05) is 20.8 Å². The summed E-state index contributed by atoms with van der Waals surface area (Å²) in [5.41, 5.74) is 5.54. The molecule has 0 aliphatic rings. The van der Waals surface area contributed by atoms with E-state index in [0.717, 1.165) is 12.3 Å². The van der Waals surface area contributed by atoms with Crippen LogP contribution in [0.4, 0.5) is 0 Å². The van der Waals surface area contributed by atoms with E-state index in [9.17, 15) is 4.79 Å². The van der Waals surface area contributed by atoms with Gasteiger partial charge in [-0.3, -0.25) is 4.79 Å². The Kier molecular flexibility index (Phi) is 12.0. The number of hydrogen-bond acceptors (Lipinski definition) is 2. The molecule has 0 bridgehead atoms. The molecule has 1 amide bonds. The van der Waals surface area contributed by atoms with Crippen molar-refractivity contribution >= 4 is 35.8 Å². The lowest BCUT2D eigenvalue weighted by Gasteiger charge is -2.20. The van der Waals surface area contributed by atoms with Gasteiger partial charge in [-0.25, -0.2) is 4.99 Å². The molecule has 0 aliphatic carbocycles. The lowest BCUT2D eigenvalue weighted by atomic mass is 10.0. The predicted octanol–water partition coefficient (Wildman–Crippen LogP) is 2.64. The van der Waals surface area contributed by atoms with Gasteiger partial charge in [0.15, 0.2) is 5.96 Å². The summed E-state index contributed by atoms with van der Waals surface area (Å²) in [6.07, 6.45) is 3.45. The van der Waals surface area contributed by atoms with E-state index in [2.05, 4.69) is 36.4 Å². The molecule has 0 rings (SSSR count). The first-order chi connectivity index (χ1) is 9.10. The molecule has 0 aromatic rings. The zero-order chi connectivity index (χ0) is 15.8. The molecule has 21 heavy (non-hydrogen) atoms. The Balaban J connectivity index is 0. The highest BCUT2D eigenvalue weighted by atomic mass is 127. The van der Waals surface area contributed by atoms with E-state index in [1.165, 1.54) is 12.8 Å². The molecule has 0 saturated heterocycles. The third-order valence-electron chi connectivity index (χ3n) is 2.72. The van der Waals surface area contributed by atoms with E-state index < -0.39 is 0 Å². The highest BCUT2D eigenvalue weighted by molar-refractivity contribution is 14.0. The quantitative estimate of drug-likeness (QED) is 0.342. The van der Waals surface area contributed by atoms with Gasteiger partial charge < -0.3 is 16.4 Å². The SMILES string of the molecule is CC(C)CCCC(C)NC(N)=NCC(=O)NC(C)(C)C.I. The summed E-state index contributed by atoms with van der Waals surface area (Å²) in [5.74, 6) is 0.954. The second-order valence-corrected chi connectivity index (χ2v) is 6.87. The molecule has 4 N–H and O–H groups in total. The van der Waals surface area contributed by atoms with Gasteiger partial charge in [-0.2, -0.15) is 0 Å². The number of nitrogens with one attached hydrogen (secondary N) is 2. The molecule has 6 heteroatoms. The van der Waals surface area contributed by atoms with E-state index >= 15 is 0 Å². The molecule has 0 spiro atoms. The first-order valence-corrected chi connectivity index (χ1v) is 7.47. The minimum Gasteiger partial charge on any atom is -0.370 e. The number of nitrogens with two attached hydrogens (primary N) is 1. The Bertz CT molecular complexity index is 324. The van der Waals surface area contributed by atoms with Crippen LogP contribution in [-0.4, -0.2) is 30.0 Å². The fraction of sp³-hybridized carbons (Fsp3) is 0.867. The van der Waals surface area contributed by atoms with E-state index in [4.69, 9.17) is 5.73 Å². The van der Waals surface area contributed by atoms with Crippen molar-refractivity contribution in [2.24, 2.45) is 16.6 Å². The van der Waals surface area contributed by atoms with Crippen molar-refractivity contribution < 1.29 is 4.79 Å². The van der Waals surface area contributed by atoms with Gasteiger partial charge in [0.1, 0.15) is 6.54 Å². The van der Waals surface area contributed by atoms with Crippen molar-refractivity contribution in [1.29, 1.82) is 0 Å². The van der Waals surface area contributed by atoms with Crippen LogP contribution in [0.2, 0.25) is 0 Å². The highest BCUT2D eigenvalue weighted by Crippen LogP contribution is 2.07. The molecule has 0 aromatic heterocycles. The van der Waals surface area contributed by atoms with Crippen molar-refractivity contribution in [3.8, 4) is 0 Å². The lowest BCUT2D eigenvalue weighted by Crippen LogP contribution is -2.43. The number of hydrogen-bond donors (Lipinski definition) is 3. The van der Waals surface area contributed by atoms with E-state index in [1.54, 1.807) is 0 Å². The Morgan fingerprint density at radius 1 is 1.19 bits per heavy atom. The Morgan fingerprint density at radius 3 is 2.24 bits per heavy atom. The average Bonchev–Trinajstić information content (AvgIpc) is 2.23. The molecular weight excluding hydrogens is 379 g/mol. The van der Waals surface area contributed by atoms with Gasteiger partial charge >= 0.3 is 0 Å². The Morgan fingerprint density at radius 2 is 1.76 bits per heavy atom. The number of carbonyl (C=O) groups excluding carboxylic acids is 1. The highest BCUT2D eigenvalue weighted by Gasteiger charge is 2.13. The molecule has 1 atom stereocenters. The number of rotatable bonds is 7. The van der Waals surface area contributed by atoms with Crippen LogP contribution >= 0.6 is 24.0 Å². The summed E-state index contributed by atoms with van der Waals surface area (Å²) in [5, 5.41) is 5.96. The molecule has 1 unspecified atom stereocenters. The van der Waals surface area contributed by atoms with Gasteiger partial charge in [-0.1, -0.05) is 26.7 Å². The summed E-state index contributed by atoms with van der Waals surface area (Å²) in [7, 11) is 0. The van der Waals surface area contributed by atoms with Crippen molar-refractivity contribution in [3.05, 3.63) is 0 Å². The zero-order valence-corrected chi connectivity index (χ0v) is 16.7. The molecular formula is C15H33IN4O. The van der Waals surface area contributed by atoms with Crippen LogP contribution in [0.1, 0.15) is 60.8 Å². The molecule has 0 aromatic carbocycles. The minimum absolute atomic E-state index is 0. The number of amides is 1. The molecule has 0 saturated carbocycles. The number of halogens is 1. The van der Waals surface area contributed by atoms with Gasteiger partial charge in [0.2, 0.25) is 5.91 Å². The summed E-state index contributed by atoms with van der Waals surface area (Å²) in [6, 6.07) is 0.281. The molecule has 126 valence electrons. The van der Waals surface area contributed by atoms with Gasteiger partial charge in [0.05, 0.1) is 0 Å². The van der Waals surface area contributed by atoms with Crippen LogP contribution < -0.4 is 16.4 Å². The second-order valence-electron chi connectivity index (χ2n) is 6.87. The molecule has 5 nitrogen and oxygen atoms in total.